The highest BCUT2D eigenvalue weighted by Crippen LogP contribution is 2.45. The van der Waals surface area contributed by atoms with Crippen LogP contribution in [0.2, 0.25) is 0 Å². The van der Waals surface area contributed by atoms with Crippen molar-refractivity contribution >= 4 is 15.7 Å². The molecule has 9 nitrogen and oxygen atoms in total. The van der Waals surface area contributed by atoms with Crippen LogP contribution in [0.15, 0.2) is 78.0 Å². The van der Waals surface area contributed by atoms with Crippen molar-refractivity contribution in [3.8, 4) is 22.6 Å². The number of anilines is 1. The summed E-state index contributed by atoms with van der Waals surface area (Å²) in [6, 6.07) is 14.0. The van der Waals surface area contributed by atoms with Crippen LogP contribution in [-0.4, -0.2) is 60.3 Å². The van der Waals surface area contributed by atoms with E-state index in [1.165, 1.54) is 10.5 Å². The van der Waals surface area contributed by atoms with Gasteiger partial charge in [0.05, 0.1) is 24.2 Å². The molecule has 1 aliphatic heterocycles. The Bertz CT molecular complexity index is 1770. The molecular weight excluding hydrogens is 576 g/mol. The van der Waals surface area contributed by atoms with Crippen molar-refractivity contribution in [2.45, 2.75) is 25.5 Å². The Kier molecular flexibility index (Phi) is 7.74. The molecule has 224 valence electrons. The second-order valence-corrected chi connectivity index (χ2v) is 13.3. The van der Waals surface area contributed by atoms with Gasteiger partial charge in [0, 0.05) is 50.1 Å². The summed E-state index contributed by atoms with van der Waals surface area (Å²) >= 11 is 0. The summed E-state index contributed by atoms with van der Waals surface area (Å²) in [5, 5.41) is 4.19. The fourth-order valence-corrected chi connectivity index (χ4v) is 6.60. The smallest absolute Gasteiger partial charge is 0.316 e. The minimum atomic E-state index is -3.60. The second-order valence-electron chi connectivity index (χ2n) is 11.4. The van der Waals surface area contributed by atoms with Gasteiger partial charge in [0.25, 0.3) is 0 Å². The molecule has 0 atom stereocenters. The number of nitrogens with zero attached hydrogens (tertiary/aromatic N) is 5. The molecule has 0 spiro atoms. The molecule has 0 N–H and O–H groups in total. The van der Waals surface area contributed by atoms with Gasteiger partial charge in [0.2, 0.25) is 15.8 Å². The van der Waals surface area contributed by atoms with Gasteiger partial charge in [-0.2, -0.15) is 14.1 Å². The first-order valence-electron chi connectivity index (χ1n) is 14.0. The van der Waals surface area contributed by atoms with Gasteiger partial charge < -0.3 is 9.64 Å². The average Bonchev–Trinajstić information content (AvgIpc) is 3.73. The molecule has 0 unspecified atom stereocenters. The zero-order valence-corrected chi connectivity index (χ0v) is 24.4. The van der Waals surface area contributed by atoms with Crippen LogP contribution >= 0.6 is 0 Å². The number of rotatable bonds is 9. The van der Waals surface area contributed by atoms with Crippen LogP contribution in [0.5, 0.6) is 5.75 Å². The van der Waals surface area contributed by atoms with E-state index in [0.717, 1.165) is 46.8 Å². The number of pyridine rings is 1. The zero-order chi connectivity index (χ0) is 30.2. The van der Waals surface area contributed by atoms with E-state index in [-0.39, 0.29) is 35.7 Å². The Morgan fingerprint density at radius 1 is 0.907 bits per heavy atom. The lowest BCUT2D eigenvalue weighted by Crippen LogP contribution is -2.49. The molecule has 2 fully saturated rings. The number of halogens is 2. The molecule has 0 bridgehead atoms. The minimum absolute atomic E-state index is 0.0263. The lowest BCUT2D eigenvalue weighted by molar-refractivity contribution is 0.242. The largest absolute Gasteiger partial charge is 0.486 e. The molecule has 2 aliphatic rings. The van der Waals surface area contributed by atoms with E-state index in [1.54, 1.807) is 12.4 Å². The first kappa shape index (κ1) is 28.9. The summed E-state index contributed by atoms with van der Waals surface area (Å²) in [4.78, 5) is 19.4. The molecule has 0 radical (unpaired) electrons. The second kappa shape index (κ2) is 11.5. The minimum Gasteiger partial charge on any atom is -0.486 e. The summed E-state index contributed by atoms with van der Waals surface area (Å²) in [6.07, 6.45) is 6.80. The van der Waals surface area contributed by atoms with E-state index in [0.29, 0.717) is 30.9 Å². The maximum absolute atomic E-state index is 13.9. The van der Waals surface area contributed by atoms with E-state index < -0.39 is 27.2 Å². The van der Waals surface area contributed by atoms with Gasteiger partial charge in [0.1, 0.15) is 17.3 Å². The highest BCUT2D eigenvalue weighted by atomic mass is 32.2. The topological polar surface area (TPSA) is 97.6 Å². The lowest BCUT2D eigenvalue weighted by atomic mass is 10.1. The summed E-state index contributed by atoms with van der Waals surface area (Å²) < 4.78 is 62.8. The summed E-state index contributed by atoms with van der Waals surface area (Å²) in [5.41, 5.74) is 2.35. The van der Waals surface area contributed by atoms with Gasteiger partial charge in [-0.15, -0.1) is 0 Å². The Hall–Kier alpha value is -4.16. The SMILES string of the molecule is CC1(COc2c(N3CCN(S(=O)(=O)Cc4ccc(-c5ccncc5)cc4)CC3)cnn(-c3cc(F)cc(F)c3)c2=O)CC1. The molecular formula is C31H31F2N5O4S. The monoisotopic (exact) mass is 607 g/mol. The molecule has 4 aromatic rings. The summed E-state index contributed by atoms with van der Waals surface area (Å²) in [7, 11) is -3.60. The fraction of sp³-hybridized carbons (Fsp3) is 0.323. The average molecular weight is 608 g/mol. The van der Waals surface area contributed by atoms with Crippen molar-refractivity contribution in [1.82, 2.24) is 19.1 Å². The number of sulfonamides is 1. The molecule has 2 aromatic carbocycles. The molecule has 0 amide bonds. The quantitative estimate of drug-likeness (QED) is 0.278. The summed E-state index contributed by atoms with van der Waals surface area (Å²) in [6.45, 7) is 3.43. The molecule has 6 rings (SSSR count). The lowest BCUT2D eigenvalue weighted by Gasteiger charge is -2.35. The van der Waals surface area contributed by atoms with Gasteiger partial charge in [0.15, 0.2) is 0 Å². The maximum atomic E-state index is 13.9. The number of benzene rings is 2. The Morgan fingerprint density at radius 3 is 2.16 bits per heavy atom. The standard InChI is InChI=1S/C31H31F2N5O4S/c1-31(8-9-31)21-42-29-28(19-35-38(30(29)39)27-17-25(32)16-26(33)18-27)36-12-14-37(15-13-36)43(40,41)20-22-2-4-23(5-3-22)24-6-10-34-11-7-24/h2-7,10-11,16-19H,8-9,12-15,20-21H2,1H3. The van der Waals surface area contributed by atoms with Crippen molar-refractivity contribution in [3.63, 3.8) is 0 Å². The number of ether oxygens (including phenoxy) is 1. The third-order valence-electron chi connectivity index (χ3n) is 7.96. The highest BCUT2D eigenvalue weighted by Gasteiger charge is 2.39. The van der Waals surface area contributed by atoms with Crippen molar-refractivity contribution in [1.29, 1.82) is 0 Å². The van der Waals surface area contributed by atoms with Crippen LogP contribution < -0.4 is 15.2 Å². The molecule has 2 aromatic heterocycles. The molecule has 1 saturated carbocycles. The van der Waals surface area contributed by atoms with Crippen LogP contribution in [0, 0.1) is 17.0 Å². The van der Waals surface area contributed by atoms with E-state index in [4.69, 9.17) is 4.74 Å². The van der Waals surface area contributed by atoms with Gasteiger partial charge in [-0.3, -0.25) is 9.78 Å². The van der Waals surface area contributed by atoms with Gasteiger partial charge in [-0.05, 0) is 53.8 Å². The van der Waals surface area contributed by atoms with Crippen LogP contribution in [0.1, 0.15) is 25.3 Å². The maximum Gasteiger partial charge on any atom is 0.316 e. The Labute approximate surface area is 248 Å². The third kappa shape index (κ3) is 6.45. The molecule has 3 heterocycles. The zero-order valence-electron chi connectivity index (χ0n) is 23.6. The van der Waals surface area contributed by atoms with Crippen molar-refractivity contribution in [2.75, 3.05) is 37.7 Å². The first-order valence-corrected chi connectivity index (χ1v) is 15.6. The number of aromatic nitrogens is 3. The normalized spacial score (nSPS) is 16.7. The van der Waals surface area contributed by atoms with E-state index in [2.05, 4.69) is 17.0 Å². The summed E-state index contributed by atoms with van der Waals surface area (Å²) in [5.74, 6) is -1.76. The van der Waals surface area contributed by atoms with Gasteiger partial charge in [-0.25, -0.2) is 17.2 Å². The van der Waals surface area contributed by atoms with Gasteiger partial charge in [-0.1, -0.05) is 31.2 Å². The van der Waals surface area contributed by atoms with E-state index in [9.17, 15) is 22.0 Å². The fourth-order valence-electron chi connectivity index (χ4n) is 5.09. The van der Waals surface area contributed by atoms with Crippen molar-refractivity contribution in [3.05, 3.63) is 101 Å². The first-order chi connectivity index (χ1) is 20.6. The predicted octanol–water partition coefficient (Wildman–Crippen LogP) is 4.40. The van der Waals surface area contributed by atoms with E-state index in [1.807, 2.05) is 41.3 Å². The molecule has 1 saturated heterocycles. The van der Waals surface area contributed by atoms with Crippen molar-refractivity contribution in [2.24, 2.45) is 5.41 Å². The number of piperazine rings is 1. The van der Waals surface area contributed by atoms with Gasteiger partial charge >= 0.3 is 5.56 Å². The van der Waals surface area contributed by atoms with E-state index >= 15 is 0 Å². The molecule has 12 heteroatoms. The van der Waals surface area contributed by atoms with Crippen LogP contribution in [0.4, 0.5) is 14.5 Å². The van der Waals surface area contributed by atoms with Crippen molar-refractivity contribution < 1.29 is 21.9 Å². The molecule has 1 aliphatic carbocycles. The third-order valence-corrected chi connectivity index (χ3v) is 9.81. The van der Waals surface area contributed by atoms with Crippen LogP contribution in [0.3, 0.4) is 0 Å². The van der Waals surface area contributed by atoms with Crippen LogP contribution in [0.25, 0.3) is 16.8 Å². The number of hydrogen-bond acceptors (Lipinski definition) is 7. The Morgan fingerprint density at radius 2 is 1.53 bits per heavy atom. The molecule has 43 heavy (non-hydrogen) atoms. The Balaban J connectivity index is 1.18. The predicted molar refractivity (Wildman–Crippen MR) is 159 cm³/mol. The highest BCUT2D eigenvalue weighted by molar-refractivity contribution is 7.88. The van der Waals surface area contributed by atoms with Crippen LogP contribution in [-0.2, 0) is 15.8 Å². The number of hydrogen-bond donors (Lipinski definition) is 0.